The number of carbonyl (C=O) groups is 1. The van der Waals surface area contributed by atoms with Crippen LogP contribution in [0, 0.1) is 6.92 Å². The van der Waals surface area contributed by atoms with Crippen LogP contribution in [-0.4, -0.2) is 52.1 Å². The smallest absolute Gasteiger partial charge is 0.353 e. The number of pyridine rings is 1. The zero-order valence-corrected chi connectivity index (χ0v) is 16.1. The van der Waals surface area contributed by atoms with Gasteiger partial charge in [0.05, 0.1) is 0 Å². The zero-order chi connectivity index (χ0) is 21.3. The normalized spacial score (nSPS) is 14.8. The predicted molar refractivity (Wildman–Crippen MR) is 102 cm³/mol. The molecule has 1 amide bonds. The molecule has 1 aliphatic heterocycles. The van der Waals surface area contributed by atoms with Crippen molar-refractivity contribution in [1.29, 1.82) is 0 Å². The van der Waals surface area contributed by atoms with E-state index >= 15 is 0 Å². The van der Waals surface area contributed by atoms with Crippen molar-refractivity contribution >= 4 is 11.7 Å². The first-order valence-corrected chi connectivity index (χ1v) is 9.29. The van der Waals surface area contributed by atoms with Crippen LogP contribution in [0.25, 0.3) is 11.4 Å². The van der Waals surface area contributed by atoms with Gasteiger partial charge in [0.15, 0.2) is 0 Å². The number of alkyl halides is 3. The van der Waals surface area contributed by atoms with E-state index in [0.717, 1.165) is 5.56 Å². The molecule has 0 spiro atoms. The number of rotatable bonds is 3. The van der Waals surface area contributed by atoms with Crippen molar-refractivity contribution in [3.05, 3.63) is 59.6 Å². The standard InChI is InChI=1S/C20H18F3N5O2/c1-13-3-2-4-14(11-13)18(29)28-9-7-27(8-10-28)16-6-5-15(12-24-16)17-25-19(30-26-17)20(21,22)23/h2-6,11-12H,7-10H2,1H3. The number of carbonyl (C=O) groups excluding carboxylic acids is 1. The zero-order valence-electron chi connectivity index (χ0n) is 16.1. The van der Waals surface area contributed by atoms with E-state index in [-0.39, 0.29) is 11.7 Å². The lowest BCUT2D eigenvalue weighted by atomic mass is 10.1. The molecule has 0 unspecified atom stereocenters. The first-order valence-electron chi connectivity index (χ1n) is 9.29. The van der Waals surface area contributed by atoms with Gasteiger partial charge in [0.2, 0.25) is 5.82 Å². The molecule has 1 aliphatic rings. The third-order valence-electron chi connectivity index (χ3n) is 4.83. The second kappa shape index (κ2) is 7.77. The van der Waals surface area contributed by atoms with Gasteiger partial charge < -0.3 is 14.3 Å². The van der Waals surface area contributed by atoms with Gasteiger partial charge in [-0.1, -0.05) is 22.9 Å². The predicted octanol–water partition coefficient (Wildman–Crippen LogP) is 3.42. The first-order chi connectivity index (χ1) is 14.3. The Morgan fingerprint density at radius 2 is 1.87 bits per heavy atom. The van der Waals surface area contributed by atoms with E-state index < -0.39 is 12.1 Å². The highest BCUT2D eigenvalue weighted by molar-refractivity contribution is 5.94. The Labute approximate surface area is 170 Å². The number of hydrogen-bond acceptors (Lipinski definition) is 6. The van der Waals surface area contributed by atoms with E-state index in [1.807, 2.05) is 36.1 Å². The quantitative estimate of drug-likeness (QED) is 0.650. The lowest BCUT2D eigenvalue weighted by molar-refractivity contribution is -0.159. The van der Waals surface area contributed by atoms with Crippen LogP contribution in [0.3, 0.4) is 0 Å². The molecular formula is C20H18F3N5O2. The van der Waals surface area contributed by atoms with Crippen molar-refractivity contribution in [3.63, 3.8) is 0 Å². The Kier molecular flexibility index (Phi) is 5.15. The minimum atomic E-state index is -4.69. The Balaban J connectivity index is 1.39. The van der Waals surface area contributed by atoms with Gasteiger partial charge in [-0.25, -0.2) is 4.98 Å². The average Bonchev–Trinajstić information content (AvgIpc) is 3.24. The van der Waals surface area contributed by atoms with Crippen LogP contribution in [0.2, 0.25) is 0 Å². The average molecular weight is 417 g/mol. The number of hydrogen-bond donors (Lipinski definition) is 0. The van der Waals surface area contributed by atoms with Crippen molar-refractivity contribution in [3.8, 4) is 11.4 Å². The van der Waals surface area contributed by atoms with Crippen molar-refractivity contribution < 1.29 is 22.5 Å². The fourth-order valence-corrected chi connectivity index (χ4v) is 3.26. The molecule has 1 fully saturated rings. The number of amides is 1. The molecule has 1 saturated heterocycles. The van der Waals surface area contributed by atoms with E-state index in [2.05, 4.69) is 19.6 Å². The Bertz CT molecular complexity index is 1040. The van der Waals surface area contributed by atoms with Crippen LogP contribution < -0.4 is 4.90 Å². The molecule has 10 heteroatoms. The molecule has 0 bridgehead atoms. The van der Waals surface area contributed by atoms with Crippen LogP contribution in [0.4, 0.5) is 19.0 Å². The molecule has 0 N–H and O–H groups in total. The summed E-state index contributed by atoms with van der Waals surface area (Å²) < 4.78 is 42.0. The number of nitrogens with zero attached hydrogens (tertiary/aromatic N) is 5. The minimum Gasteiger partial charge on any atom is -0.353 e. The summed E-state index contributed by atoms with van der Waals surface area (Å²) >= 11 is 0. The summed E-state index contributed by atoms with van der Waals surface area (Å²) in [7, 11) is 0. The van der Waals surface area contributed by atoms with Crippen molar-refractivity contribution in [2.45, 2.75) is 13.1 Å². The van der Waals surface area contributed by atoms with Gasteiger partial charge in [0, 0.05) is 43.5 Å². The second-order valence-electron chi connectivity index (χ2n) is 6.97. The topological polar surface area (TPSA) is 75.4 Å². The number of aromatic nitrogens is 3. The third-order valence-corrected chi connectivity index (χ3v) is 4.83. The maximum absolute atomic E-state index is 12.7. The molecule has 0 atom stereocenters. The summed E-state index contributed by atoms with van der Waals surface area (Å²) in [6, 6.07) is 10.8. The number of piperazine rings is 1. The molecule has 4 rings (SSSR count). The summed E-state index contributed by atoms with van der Waals surface area (Å²) in [5, 5.41) is 3.36. The molecule has 3 heterocycles. The van der Waals surface area contributed by atoms with Crippen LogP contribution >= 0.6 is 0 Å². The molecule has 7 nitrogen and oxygen atoms in total. The third kappa shape index (κ3) is 4.12. The maximum Gasteiger partial charge on any atom is 0.471 e. The van der Waals surface area contributed by atoms with E-state index in [9.17, 15) is 18.0 Å². The van der Waals surface area contributed by atoms with Crippen LogP contribution in [0.1, 0.15) is 21.8 Å². The lowest BCUT2D eigenvalue weighted by Crippen LogP contribution is -2.49. The Hall–Kier alpha value is -3.43. The monoisotopic (exact) mass is 417 g/mol. The summed E-state index contributed by atoms with van der Waals surface area (Å²) in [5.41, 5.74) is 2.03. The summed E-state index contributed by atoms with van der Waals surface area (Å²) in [4.78, 5) is 24.1. The van der Waals surface area contributed by atoms with Gasteiger partial charge in [-0.3, -0.25) is 4.79 Å². The summed E-state index contributed by atoms with van der Waals surface area (Å²) in [5.74, 6) is -0.897. The lowest BCUT2D eigenvalue weighted by Gasteiger charge is -2.35. The van der Waals surface area contributed by atoms with Crippen molar-refractivity contribution in [2.75, 3.05) is 31.1 Å². The highest BCUT2D eigenvalue weighted by Gasteiger charge is 2.38. The van der Waals surface area contributed by atoms with Crippen molar-refractivity contribution in [1.82, 2.24) is 20.0 Å². The largest absolute Gasteiger partial charge is 0.471 e. The summed E-state index contributed by atoms with van der Waals surface area (Å²) in [6.45, 7) is 4.25. The Morgan fingerprint density at radius 1 is 1.10 bits per heavy atom. The van der Waals surface area contributed by atoms with Crippen LogP contribution in [-0.2, 0) is 6.18 Å². The number of benzene rings is 1. The number of halogens is 3. The minimum absolute atomic E-state index is 0.000711. The molecule has 156 valence electrons. The Morgan fingerprint density at radius 3 is 2.47 bits per heavy atom. The van der Waals surface area contributed by atoms with Gasteiger partial charge in [0.25, 0.3) is 5.91 Å². The molecule has 1 aromatic carbocycles. The van der Waals surface area contributed by atoms with Crippen LogP contribution in [0.5, 0.6) is 0 Å². The molecule has 2 aromatic heterocycles. The highest BCUT2D eigenvalue weighted by atomic mass is 19.4. The van der Waals surface area contributed by atoms with Gasteiger partial charge in [0.1, 0.15) is 5.82 Å². The first kappa shape index (κ1) is 19.9. The van der Waals surface area contributed by atoms with Gasteiger partial charge in [-0.15, -0.1) is 0 Å². The molecule has 0 aliphatic carbocycles. The van der Waals surface area contributed by atoms with Gasteiger partial charge in [-0.2, -0.15) is 18.2 Å². The fourth-order valence-electron chi connectivity index (χ4n) is 3.26. The van der Waals surface area contributed by atoms with E-state index in [1.165, 1.54) is 6.20 Å². The van der Waals surface area contributed by atoms with Crippen LogP contribution in [0.15, 0.2) is 47.1 Å². The fraction of sp³-hybridized carbons (Fsp3) is 0.300. The number of aryl methyl sites for hydroxylation is 1. The van der Waals surface area contributed by atoms with Gasteiger partial charge in [-0.05, 0) is 31.2 Å². The van der Waals surface area contributed by atoms with E-state index in [0.29, 0.717) is 43.1 Å². The molecular weight excluding hydrogens is 399 g/mol. The van der Waals surface area contributed by atoms with E-state index in [4.69, 9.17) is 0 Å². The molecule has 0 saturated carbocycles. The second-order valence-corrected chi connectivity index (χ2v) is 6.97. The molecule has 3 aromatic rings. The van der Waals surface area contributed by atoms with Crippen molar-refractivity contribution in [2.24, 2.45) is 0 Å². The molecule has 0 radical (unpaired) electrons. The highest BCUT2D eigenvalue weighted by Crippen LogP contribution is 2.29. The summed E-state index contributed by atoms with van der Waals surface area (Å²) in [6.07, 6.45) is -3.28. The van der Waals surface area contributed by atoms with Gasteiger partial charge >= 0.3 is 12.1 Å². The molecule has 30 heavy (non-hydrogen) atoms. The SMILES string of the molecule is Cc1cccc(C(=O)N2CCN(c3ccc(-c4noc(C(F)(F)F)n4)cn3)CC2)c1. The van der Waals surface area contributed by atoms with E-state index in [1.54, 1.807) is 17.0 Å². The maximum atomic E-state index is 12.7. The number of anilines is 1.